The number of benzene rings is 1. The lowest BCUT2D eigenvalue weighted by atomic mass is 10.0. The van der Waals surface area contributed by atoms with Crippen molar-refractivity contribution in [3.63, 3.8) is 0 Å². The van der Waals surface area contributed by atoms with Crippen molar-refractivity contribution in [1.82, 2.24) is 20.5 Å². The second-order valence-electron chi connectivity index (χ2n) is 8.87. The number of rotatable bonds is 7. The number of anilines is 1. The van der Waals surface area contributed by atoms with Gasteiger partial charge >= 0.3 is 6.03 Å². The molecule has 1 atom stereocenters. The molecule has 0 aliphatic carbocycles. The summed E-state index contributed by atoms with van der Waals surface area (Å²) in [5, 5.41) is 10.9. The highest BCUT2D eigenvalue weighted by Gasteiger charge is 2.25. The van der Waals surface area contributed by atoms with Gasteiger partial charge < -0.3 is 20.9 Å². The first-order chi connectivity index (χ1) is 15.7. The number of aromatic nitrogens is 1. The predicted octanol–water partition coefficient (Wildman–Crippen LogP) is 4.11. The van der Waals surface area contributed by atoms with Crippen molar-refractivity contribution < 1.29 is 14.4 Å². The highest BCUT2D eigenvalue weighted by Crippen LogP contribution is 2.19. The molecular weight excluding hydrogens is 438 g/mol. The lowest BCUT2D eigenvalue weighted by Crippen LogP contribution is -2.45. The van der Waals surface area contributed by atoms with E-state index in [9.17, 15) is 14.4 Å². The molecule has 1 aliphatic rings. The maximum atomic E-state index is 12.9. The van der Waals surface area contributed by atoms with Gasteiger partial charge in [-0.25, -0.2) is 9.78 Å². The molecule has 0 saturated carbocycles. The van der Waals surface area contributed by atoms with Crippen LogP contribution in [0, 0.1) is 0 Å². The molecule has 0 spiro atoms. The third-order valence-electron chi connectivity index (χ3n) is 5.64. The Kier molecular flexibility index (Phi) is 8.43. The van der Waals surface area contributed by atoms with Crippen molar-refractivity contribution in [2.24, 2.45) is 0 Å². The monoisotopic (exact) mass is 471 g/mol. The lowest BCUT2D eigenvalue weighted by molar-refractivity contribution is -0.122. The van der Waals surface area contributed by atoms with E-state index in [1.165, 1.54) is 16.9 Å². The van der Waals surface area contributed by atoms with Gasteiger partial charge in [0.25, 0.3) is 5.91 Å². The Morgan fingerprint density at radius 1 is 1.18 bits per heavy atom. The van der Waals surface area contributed by atoms with E-state index in [1.54, 1.807) is 10.3 Å². The molecule has 1 aromatic heterocycles. The molecule has 3 rings (SSSR count). The zero-order valence-electron chi connectivity index (χ0n) is 19.7. The van der Waals surface area contributed by atoms with Gasteiger partial charge in [-0.05, 0) is 56.7 Å². The second kappa shape index (κ2) is 11.3. The van der Waals surface area contributed by atoms with Crippen LogP contribution in [0.2, 0.25) is 0 Å². The first-order valence-electron chi connectivity index (χ1n) is 11.4. The van der Waals surface area contributed by atoms with Crippen LogP contribution in [0.1, 0.15) is 73.9 Å². The third-order valence-corrected chi connectivity index (χ3v) is 6.48. The fourth-order valence-corrected chi connectivity index (χ4v) is 4.35. The maximum absolute atomic E-state index is 12.9. The van der Waals surface area contributed by atoms with Gasteiger partial charge in [-0.3, -0.25) is 9.59 Å². The molecule has 1 aliphatic heterocycles. The number of nitrogens with zero attached hydrogens (tertiary/aromatic N) is 2. The molecule has 1 aromatic carbocycles. The molecule has 8 nitrogen and oxygen atoms in total. The predicted molar refractivity (Wildman–Crippen MR) is 130 cm³/mol. The van der Waals surface area contributed by atoms with Crippen LogP contribution in [0.5, 0.6) is 0 Å². The summed E-state index contributed by atoms with van der Waals surface area (Å²) in [6.07, 6.45) is 2.41. The van der Waals surface area contributed by atoms with Crippen molar-refractivity contribution in [2.45, 2.75) is 71.5 Å². The van der Waals surface area contributed by atoms with Crippen LogP contribution in [0.15, 0.2) is 29.6 Å². The zero-order valence-corrected chi connectivity index (χ0v) is 20.5. The van der Waals surface area contributed by atoms with E-state index < -0.39 is 6.04 Å². The van der Waals surface area contributed by atoms with Crippen molar-refractivity contribution >= 4 is 34.9 Å². The molecule has 9 heteroatoms. The highest BCUT2D eigenvalue weighted by molar-refractivity contribution is 7.09. The number of carbonyl (C=O) groups excluding carboxylic acids is 3. The van der Waals surface area contributed by atoms with Gasteiger partial charge in [-0.1, -0.05) is 26.0 Å². The number of hydrogen-bond acceptors (Lipinski definition) is 5. The molecule has 4 amide bonds. The van der Waals surface area contributed by atoms with Crippen LogP contribution in [-0.4, -0.2) is 46.4 Å². The van der Waals surface area contributed by atoms with E-state index >= 15 is 0 Å². The first-order valence-corrected chi connectivity index (χ1v) is 12.3. The fraction of sp³-hybridized carbons (Fsp3) is 0.500. The summed E-state index contributed by atoms with van der Waals surface area (Å²) in [5.74, 6) is -0.0964. The van der Waals surface area contributed by atoms with Crippen molar-refractivity contribution in [1.29, 1.82) is 0 Å². The number of amides is 4. The number of carbonyl (C=O) groups is 3. The Balaban J connectivity index is 1.62. The van der Waals surface area contributed by atoms with Crippen LogP contribution in [0.3, 0.4) is 0 Å². The van der Waals surface area contributed by atoms with Crippen LogP contribution in [-0.2, 0) is 11.3 Å². The van der Waals surface area contributed by atoms with Gasteiger partial charge in [0, 0.05) is 23.7 Å². The summed E-state index contributed by atoms with van der Waals surface area (Å²) in [6, 6.07) is 7.02. The van der Waals surface area contributed by atoms with Crippen LogP contribution >= 0.6 is 11.3 Å². The van der Waals surface area contributed by atoms with Crippen molar-refractivity contribution in [3.8, 4) is 0 Å². The first kappa shape index (κ1) is 24.7. The fourth-order valence-electron chi connectivity index (χ4n) is 3.58. The summed E-state index contributed by atoms with van der Waals surface area (Å²) < 4.78 is 0. The van der Waals surface area contributed by atoms with E-state index in [0.29, 0.717) is 23.9 Å². The van der Waals surface area contributed by atoms with Gasteiger partial charge in [0.2, 0.25) is 5.91 Å². The van der Waals surface area contributed by atoms with Gasteiger partial charge in [0.05, 0.1) is 6.54 Å². The molecule has 2 aromatic rings. The van der Waals surface area contributed by atoms with E-state index in [4.69, 9.17) is 0 Å². The number of nitrogens with one attached hydrogen (secondary N) is 3. The SMILES string of the molecule is CC(C)c1ccc(NC(=O)N(Cc2nc(C(=O)NC3CCCCNC3=O)cs2)C(C)C)cc1. The van der Waals surface area contributed by atoms with Gasteiger partial charge in [0.15, 0.2) is 0 Å². The van der Waals surface area contributed by atoms with E-state index in [0.717, 1.165) is 18.5 Å². The Bertz CT molecular complexity index is 971. The van der Waals surface area contributed by atoms with E-state index in [-0.39, 0.29) is 36.1 Å². The Hall–Kier alpha value is -2.94. The molecule has 1 unspecified atom stereocenters. The number of urea groups is 1. The maximum Gasteiger partial charge on any atom is 0.322 e. The van der Waals surface area contributed by atoms with Gasteiger partial charge in [-0.2, -0.15) is 0 Å². The minimum Gasteiger partial charge on any atom is -0.354 e. The number of hydrogen-bond donors (Lipinski definition) is 3. The average Bonchev–Trinajstić information content (AvgIpc) is 3.16. The Labute approximate surface area is 199 Å². The highest BCUT2D eigenvalue weighted by atomic mass is 32.1. The summed E-state index contributed by atoms with van der Waals surface area (Å²) in [6.45, 7) is 9.06. The standard InChI is InChI=1S/C24H33N5O3S/c1-15(2)17-8-10-18(11-9-17)26-24(32)29(16(3)4)13-21-27-20(14-33-21)23(31)28-19-7-5-6-12-25-22(19)30/h8-11,14-16,19H,5-7,12-13H2,1-4H3,(H,25,30)(H,26,32)(H,28,31). The van der Waals surface area contributed by atoms with Crippen LogP contribution in [0.25, 0.3) is 0 Å². The molecule has 0 radical (unpaired) electrons. The minimum atomic E-state index is -0.537. The second-order valence-corrected chi connectivity index (χ2v) is 9.81. The molecule has 1 fully saturated rings. The normalized spacial score (nSPS) is 16.3. The minimum absolute atomic E-state index is 0.0594. The average molecular weight is 472 g/mol. The summed E-state index contributed by atoms with van der Waals surface area (Å²) in [4.78, 5) is 43.7. The molecule has 2 heterocycles. The van der Waals surface area contributed by atoms with E-state index in [2.05, 4.69) is 34.8 Å². The van der Waals surface area contributed by atoms with Gasteiger partial charge in [0.1, 0.15) is 16.7 Å². The zero-order chi connectivity index (χ0) is 24.0. The molecule has 33 heavy (non-hydrogen) atoms. The summed E-state index contributed by atoms with van der Waals surface area (Å²) >= 11 is 1.33. The Morgan fingerprint density at radius 3 is 2.58 bits per heavy atom. The molecule has 0 bridgehead atoms. The quantitative estimate of drug-likeness (QED) is 0.565. The van der Waals surface area contributed by atoms with E-state index in [1.807, 2.05) is 38.1 Å². The third kappa shape index (κ3) is 6.77. The van der Waals surface area contributed by atoms with Crippen molar-refractivity contribution in [2.75, 3.05) is 11.9 Å². The van der Waals surface area contributed by atoms with Gasteiger partial charge in [-0.15, -0.1) is 11.3 Å². The largest absolute Gasteiger partial charge is 0.354 e. The Morgan fingerprint density at radius 2 is 1.91 bits per heavy atom. The van der Waals surface area contributed by atoms with Crippen LogP contribution < -0.4 is 16.0 Å². The topological polar surface area (TPSA) is 103 Å². The smallest absolute Gasteiger partial charge is 0.322 e. The molecule has 1 saturated heterocycles. The molecule has 3 N–H and O–H groups in total. The van der Waals surface area contributed by atoms with Crippen LogP contribution in [0.4, 0.5) is 10.5 Å². The van der Waals surface area contributed by atoms with Crippen molar-refractivity contribution in [3.05, 3.63) is 45.9 Å². The summed E-state index contributed by atoms with van der Waals surface area (Å²) in [5.41, 5.74) is 2.21. The summed E-state index contributed by atoms with van der Waals surface area (Å²) in [7, 11) is 0. The lowest BCUT2D eigenvalue weighted by Gasteiger charge is -2.26. The molecule has 178 valence electrons. The number of thiazole rings is 1. The molecular formula is C24H33N5O3S.